The summed E-state index contributed by atoms with van der Waals surface area (Å²) >= 11 is 0. The van der Waals surface area contributed by atoms with Crippen molar-refractivity contribution in [1.82, 2.24) is 5.32 Å². The Bertz CT molecular complexity index is 371. The average Bonchev–Trinajstić information content (AvgIpc) is 2.25. The van der Waals surface area contributed by atoms with Gasteiger partial charge in [0.1, 0.15) is 6.10 Å². The molecule has 0 aliphatic carbocycles. The highest BCUT2D eigenvalue weighted by molar-refractivity contribution is 5.47. The van der Waals surface area contributed by atoms with Gasteiger partial charge in [-0.05, 0) is 24.6 Å². The third-order valence-electron chi connectivity index (χ3n) is 2.31. The van der Waals surface area contributed by atoms with E-state index in [9.17, 15) is 13.6 Å². The molecule has 5 heteroatoms. The van der Waals surface area contributed by atoms with Crippen LogP contribution in [0.2, 0.25) is 0 Å². The Morgan fingerprint density at radius 1 is 1.38 bits per heavy atom. The van der Waals surface area contributed by atoms with Crippen LogP contribution in [0.3, 0.4) is 0 Å². The molecule has 0 bridgehead atoms. The summed E-state index contributed by atoms with van der Waals surface area (Å²) in [4.78, 5) is 10.3. The number of amides is 1. The Balaban J connectivity index is 2.94. The molecule has 1 aromatic rings. The molecule has 1 aromatic carbocycles. The van der Waals surface area contributed by atoms with Gasteiger partial charge in [-0.25, -0.2) is 8.78 Å². The zero-order valence-electron chi connectivity index (χ0n) is 9.04. The second kappa shape index (κ2) is 5.55. The summed E-state index contributed by atoms with van der Waals surface area (Å²) < 4.78 is 30.9. The lowest BCUT2D eigenvalue weighted by Crippen LogP contribution is -2.32. The van der Waals surface area contributed by atoms with E-state index >= 15 is 0 Å². The van der Waals surface area contributed by atoms with Gasteiger partial charge >= 0.3 is 0 Å². The zero-order valence-corrected chi connectivity index (χ0v) is 9.04. The predicted molar refractivity (Wildman–Crippen MR) is 54.8 cm³/mol. The highest BCUT2D eigenvalue weighted by Gasteiger charge is 2.19. The van der Waals surface area contributed by atoms with Crippen molar-refractivity contribution in [2.24, 2.45) is 0 Å². The lowest BCUT2D eigenvalue weighted by molar-refractivity contribution is -0.111. The number of ether oxygens (including phenoxy) is 1. The lowest BCUT2D eigenvalue weighted by Gasteiger charge is -2.22. The fourth-order valence-corrected chi connectivity index (χ4v) is 1.51. The minimum atomic E-state index is -0.933. The third-order valence-corrected chi connectivity index (χ3v) is 2.31. The van der Waals surface area contributed by atoms with E-state index in [0.29, 0.717) is 12.0 Å². The van der Waals surface area contributed by atoms with Crippen molar-refractivity contribution in [1.29, 1.82) is 0 Å². The molecule has 2 atom stereocenters. The number of hydrogen-bond acceptors (Lipinski definition) is 2. The molecule has 16 heavy (non-hydrogen) atoms. The van der Waals surface area contributed by atoms with E-state index in [2.05, 4.69) is 5.32 Å². The van der Waals surface area contributed by atoms with Gasteiger partial charge in [0.15, 0.2) is 11.6 Å². The summed E-state index contributed by atoms with van der Waals surface area (Å²) in [7, 11) is 1.44. The molecule has 0 aliphatic heterocycles. The molecule has 0 aromatic heterocycles. The summed E-state index contributed by atoms with van der Waals surface area (Å²) in [6, 6.07) is 3.19. The van der Waals surface area contributed by atoms with Crippen molar-refractivity contribution in [3.8, 4) is 0 Å². The molecule has 3 nitrogen and oxygen atoms in total. The number of hydrogen-bond donors (Lipinski definition) is 1. The van der Waals surface area contributed by atoms with Crippen LogP contribution < -0.4 is 5.32 Å². The molecule has 1 rings (SSSR count). The van der Waals surface area contributed by atoms with Crippen LogP contribution in [-0.2, 0) is 9.53 Å². The smallest absolute Gasteiger partial charge is 0.207 e. The van der Waals surface area contributed by atoms with Gasteiger partial charge in [0.2, 0.25) is 6.41 Å². The monoisotopic (exact) mass is 229 g/mol. The number of benzene rings is 1. The molecule has 0 heterocycles. The summed E-state index contributed by atoms with van der Waals surface area (Å²) in [6.45, 7) is 1.71. The molecule has 0 saturated carbocycles. The second-order valence-electron chi connectivity index (χ2n) is 3.40. The van der Waals surface area contributed by atoms with E-state index in [0.717, 1.165) is 12.1 Å². The van der Waals surface area contributed by atoms with Gasteiger partial charge in [0, 0.05) is 7.11 Å². The Kier molecular flexibility index (Phi) is 4.37. The zero-order chi connectivity index (χ0) is 12.1. The van der Waals surface area contributed by atoms with Gasteiger partial charge in [0.05, 0.1) is 6.04 Å². The molecule has 0 spiro atoms. The fourth-order valence-electron chi connectivity index (χ4n) is 1.51. The van der Waals surface area contributed by atoms with Crippen molar-refractivity contribution in [2.75, 3.05) is 7.11 Å². The topological polar surface area (TPSA) is 38.3 Å². The SMILES string of the molecule is CO[C@H](c1ccc(F)c(F)c1)[C@H](C)NC=O. The van der Waals surface area contributed by atoms with E-state index in [4.69, 9.17) is 4.74 Å². The number of rotatable bonds is 5. The minimum absolute atomic E-state index is 0.327. The van der Waals surface area contributed by atoms with Crippen molar-refractivity contribution < 1.29 is 18.3 Å². The standard InChI is InChI=1S/C11H13F2NO2/c1-7(14-6-15)11(16-2)8-3-4-9(12)10(13)5-8/h3-7,11H,1-2H3,(H,14,15)/t7-,11-/m0/s1. The van der Waals surface area contributed by atoms with E-state index < -0.39 is 17.7 Å². The summed E-state index contributed by atoms with van der Waals surface area (Å²) in [5, 5.41) is 2.51. The van der Waals surface area contributed by atoms with Crippen LogP contribution in [-0.4, -0.2) is 19.6 Å². The Hall–Kier alpha value is -1.49. The summed E-state index contributed by atoms with van der Waals surface area (Å²) in [6.07, 6.45) is 0.0246. The largest absolute Gasteiger partial charge is 0.375 e. The second-order valence-corrected chi connectivity index (χ2v) is 3.40. The summed E-state index contributed by atoms with van der Waals surface area (Å²) in [5.41, 5.74) is 0.475. The first kappa shape index (κ1) is 12.6. The van der Waals surface area contributed by atoms with Crippen LogP contribution in [0.5, 0.6) is 0 Å². The van der Waals surface area contributed by atoms with Crippen LogP contribution in [0.1, 0.15) is 18.6 Å². The Morgan fingerprint density at radius 2 is 2.06 bits per heavy atom. The van der Waals surface area contributed by atoms with Crippen molar-refractivity contribution in [2.45, 2.75) is 19.1 Å². The van der Waals surface area contributed by atoms with Gasteiger partial charge < -0.3 is 10.1 Å². The number of methoxy groups -OCH3 is 1. The van der Waals surface area contributed by atoms with Crippen molar-refractivity contribution in [3.63, 3.8) is 0 Å². The molecule has 0 unspecified atom stereocenters. The number of carbonyl (C=O) groups is 1. The first-order valence-electron chi connectivity index (χ1n) is 4.77. The van der Waals surface area contributed by atoms with Crippen LogP contribution in [0.4, 0.5) is 8.78 Å². The van der Waals surface area contributed by atoms with Crippen molar-refractivity contribution >= 4 is 6.41 Å². The van der Waals surface area contributed by atoms with Crippen LogP contribution in [0.25, 0.3) is 0 Å². The Morgan fingerprint density at radius 3 is 2.56 bits per heavy atom. The average molecular weight is 229 g/mol. The highest BCUT2D eigenvalue weighted by atomic mass is 19.2. The van der Waals surface area contributed by atoms with E-state index in [1.165, 1.54) is 13.2 Å². The molecule has 0 aliphatic rings. The molecule has 1 N–H and O–H groups in total. The third kappa shape index (κ3) is 2.76. The van der Waals surface area contributed by atoms with E-state index in [-0.39, 0.29) is 6.04 Å². The van der Waals surface area contributed by atoms with Gasteiger partial charge in [-0.3, -0.25) is 4.79 Å². The maximum Gasteiger partial charge on any atom is 0.207 e. The maximum absolute atomic E-state index is 13.0. The Labute approximate surface area is 92.4 Å². The molecule has 88 valence electrons. The molecule has 0 saturated heterocycles. The van der Waals surface area contributed by atoms with E-state index in [1.54, 1.807) is 6.92 Å². The van der Waals surface area contributed by atoms with E-state index in [1.807, 2.05) is 0 Å². The number of halogens is 2. The summed E-state index contributed by atoms with van der Waals surface area (Å²) in [5.74, 6) is -1.84. The van der Waals surface area contributed by atoms with Crippen LogP contribution in [0.15, 0.2) is 18.2 Å². The maximum atomic E-state index is 13.0. The highest BCUT2D eigenvalue weighted by Crippen LogP contribution is 2.22. The molecule has 0 fully saturated rings. The first-order valence-corrected chi connectivity index (χ1v) is 4.77. The lowest BCUT2D eigenvalue weighted by atomic mass is 10.0. The van der Waals surface area contributed by atoms with Gasteiger partial charge in [-0.15, -0.1) is 0 Å². The molecule has 0 radical (unpaired) electrons. The molecular weight excluding hydrogens is 216 g/mol. The normalized spacial score (nSPS) is 14.2. The quantitative estimate of drug-likeness (QED) is 0.782. The fraction of sp³-hybridized carbons (Fsp3) is 0.364. The number of nitrogens with one attached hydrogen (secondary N) is 1. The van der Waals surface area contributed by atoms with Crippen molar-refractivity contribution in [3.05, 3.63) is 35.4 Å². The van der Waals surface area contributed by atoms with Gasteiger partial charge in [-0.1, -0.05) is 6.07 Å². The first-order chi connectivity index (χ1) is 7.60. The molecule has 1 amide bonds. The van der Waals surface area contributed by atoms with Gasteiger partial charge in [0.25, 0.3) is 0 Å². The number of carbonyl (C=O) groups excluding carboxylic acids is 1. The van der Waals surface area contributed by atoms with Crippen LogP contribution in [0, 0.1) is 11.6 Å². The minimum Gasteiger partial charge on any atom is -0.375 e. The molecular formula is C11H13F2NO2. The predicted octanol–water partition coefficient (Wildman–Crippen LogP) is 1.79. The van der Waals surface area contributed by atoms with Crippen LogP contribution >= 0.6 is 0 Å². The van der Waals surface area contributed by atoms with Gasteiger partial charge in [-0.2, -0.15) is 0 Å².